The second-order valence-electron chi connectivity index (χ2n) is 7.20. The molecule has 2 rings (SSSR count). The van der Waals surface area contributed by atoms with E-state index in [-0.39, 0.29) is 23.7 Å². The summed E-state index contributed by atoms with van der Waals surface area (Å²) in [5.74, 6) is 1.00. The van der Waals surface area contributed by atoms with E-state index in [4.69, 9.17) is 0 Å². The minimum absolute atomic E-state index is 0.0563. The summed E-state index contributed by atoms with van der Waals surface area (Å²) in [5, 5.41) is 0. The van der Waals surface area contributed by atoms with Crippen molar-refractivity contribution in [2.75, 3.05) is 14.1 Å². The lowest BCUT2D eigenvalue weighted by atomic mass is 9.89. The zero-order valence-electron chi connectivity index (χ0n) is 14.8. The van der Waals surface area contributed by atoms with Gasteiger partial charge in [-0.2, -0.15) is 0 Å². The molecule has 0 saturated heterocycles. The largest absolute Gasteiger partial charge is 0.295 e. The van der Waals surface area contributed by atoms with Crippen LogP contribution in [0.15, 0.2) is 9.98 Å². The lowest BCUT2D eigenvalue weighted by Gasteiger charge is -2.24. The maximum atomic E-state index is 12.6. The predicted octanol–water partition coefficient (Wildman–Crippen LogP) is 1.56. The number of aliphatic imine (C=N–C) groups is 2. The van der Waals surface area contributed by atoms with Gasteiger partial charge in [-0.05, 0) is 25.7 Å². The molecule has 122 valence electrons. The first-order valence-electron chi connectivity index (χ1n) is 7.73. The zero-order chi connectivity index (χ0) is 17.0. The molecule has 0 aliphatic carbocycles. The van der Waals surface area contributed by atoms with Gasteiger partial charge < -0.3 is 0 Å². The Kier molecular flexibility index (Phi) is 3.70. The average molecular weight is 306 g/mol. The molecule has 2 aliphatic heterocycles. The van der Waals surface area contributed by atoms with Crippen LogP contribution in [0.4, 0.5) is 0 Å². The molecule has 0 saturated carbocycles. The SMILES string of the molecule is CC(C)C1(C)N=C(C2=NC(C)(C(C)C)C(=O)N2C)N(C)C1=O. The molecule has 2 aliphatic rings. The highest BCUT2D eigenvalue weighted by Gasteiger charge is 2.52. The standard InChI is InChI=1S/C16H26N4O2/c1-9(2)15(5)13(21)19(7)11(17-15)12-18-16(6,10(3)4)14(22)20(12)8/h9-10H,1-8H3. The molecule has 6 heteroatoms. The average Bonchev–Trinajstić information content (AvgIpc) is 2.81. The van der Waals surface area contributed by atoms with E-state index in [2.05, 4.69) is 9.98 Å². The lowest BCUT2D eigenvalue weighted by molar-refractivity contribution is -0.132. The Hall–Kier alpha value is -1.72. The quantitative estimate of drug-likeness (QED) is 0.794. The Morgan fingerprint density at radius 2 is 1.05 bits per heavy atom. The van der Waals surface area contributed by atoms with Crippen LogP contribution in [0.3, 0.4) is 0 Å². The van der Waals surface area contributed by atoms with Gasteiger partial charge in [-0.25, -0.2) is 9.98 Å². The van der Waals surface area contributed by atoms with Crippen LogP contribution < -0.4 is 0 Å². The molecule has 0 aromatic rings. The monoisotopic (exact) mass is 306 g/mol. The minimum atomic E-state index is -0.798. The Labute approximate surface area is 132 Å². The molecule has 2 unspecified atom stereocenters. The second-order valence-corrected chi connectivity index (χ2v) is 7.20. The summed E-state index contributed by atoms with van der Waals surface area (Å²) in [7, 11) is 3.39. The van der Waals surface area contributed by atoms with E-state index in [0.29, 0.717) is 11.7 Å². The number of carbonyl (C=O) groups is 2. The number of amides is 2. The van der Waals surface area contributed by atoms with Gasteiger partial charge in [0.05, 0.1) is 0 Å². The van der Waals surface area contributed by atoms with Crippen molar-refractivity contribution in [1.29, 1.82) is 0 Å². The van der Waals surface area contributed by atoms with Crippen LogP contribution in [0.5, 0.6) is 0 Å². The van der Waals surface area contributed by atoms with Crippen molar-refractivity contribution in [3.8, 4) is 0 Å². The summed E-state index contributed by atoms with van der Waals surface area (Å²) in [6.07, 6.45) is 0. The Balaban J connectivity index is 2.53. The zero-order valence-corrected chi connectivity index (χ0v) is 14.8. The van der Waals surface area contributed by atoms with Crippen molar-refractivity contribution in [1.82, 2.24) is 9.80 Å². The smallest absolute Gasteiger partial charge is 0.255 e. The van der Waals surface area contributed by atoms with Crippen LogP contribution in [0.25, 0.3) is 0 Å². The fourth-order valence-corrected chi connectivity index (χ4v) is 2.71. The number of hydrogen-bond donors (Lipinski definition) is 0. The van der Waals surface area contributed by atoms with Gasteiger partial charge in [0.25, 0.3) is 11.8 Å². The van der Waals surface area contributed by atoms with Crippen molar-refractivity contribution >= 4 is 23.5 Å². The van der Waals surface area contributed by atoms with Crippen molar-refractivity contribution in [2.24, 2.45) is 21.8 Å². The first-order chi connectivity index (χ1) is 9.96. The van der Waals surface area contributed by atoms with Crippen molar-refractivity contribution in [2.45, 2.75) is 52.6 Å². The second kappa shape index (κ2) is 4.89. The van der Waals surface area contributed by atoms with E-state index in [1.54, 1.807) is 14.1 Å². The lowest BCUT2D eigenvalue weighted by Crippen LogP contribution is -2.46. The van der Waals surface area contributed by atoms with E-state index in [0.717, 1.165) is 0 Å². The molecule has 0 aromatic heterocycles. The van der Waals surface area contributed by atoms with Gasteiger partial charge in [-0.3, -0.25) is 19.4 Å². The number of carbonyl (C=O) groups excluding carboxylic acids is 2. The number of hydrogen-bond acceptors (Lipinski definition) is 4. The molecule has 2 heterocycles. The fraction of sp³-hybridized carbons (Fsp3) is 0.750. The van der Waals surface area contributed by atoms with E-state index in [1.165, 1.54) is 9.80 Å². The molecule has 0 bridgehead atoms. The molecule has 22 heavy (non-hydrogen) atoms. The molecular weight excluding hydrogens is 280 g/mol. The first kappa shape index (κ1) is 16.6. The highest BCUT2D eigenvalue weighted by Crippen LogP contribution is 2.34. The third-order valence-electron chi connectivity index (χ3n) is 5.24. The summed E-state index contributed by atoms with van der Waals surface area (Å²) >= 11 is 0. The van der Waals surface area contributed by atoms with Gasteiger partial charge in [0.1, 0.15) is 11.1 Å². The first-order valence-corrected chi connectivity index (χ1v) is 7.73. The van der Waals surface area contributed by atoms with Crippen LogP contribution in [-0.2, 0) is 9.59 Å². The third-order valence-corrected chi connectivity index (χ3v) is 5.24. The topological polar surface area (TPSA) is 65.3 Å². The number of rotatable bonds is 3. The summed E-state index contributed by atoms with van der Waals surface area (Å²) in [5.41, 5.74) is -1.60. The van der Waals surface area contributed by atoms with E-state index in [1.807, 2.05) is 41.5 Å². The van der Waals surface area contributed by atoms with Crippen LogP contribution in [0.2, 0.25) is 0 Å². The summed E-state index contributed by atoms with van der Waals surface area (Å²) in [6.45, 7) is 11.6. The highest BCUT2D eigenvalue weighted by molar-refractivity contribution is 6.48. The van der Waals surface area contributed by atoms with Gasteiger partial charge in [-0.1, -0.05) is 27.7 Å². The molecule has 6 nitrogen and oxygen atoms in total. The molecule has 0 spiro atoms. The molecule has 0 radical (unpaired) electrons. The van der Waals surface area contributed by atoms with Crippen molar-refractivity contribution < 1.29 is 9.59 Å². The normalized spacial score (nSPS) is 32.5. The summed E-state index contributed by atoms with van der Waals surface area (Å²) < 4.78 is 0. The van der Waals surface area contributed by atoms with Gasteiger partial charge >= 0.3 is 0 Å². The Morgan fingerprint density at radius 3 is 1.23 bits per heavy atom. The van der Waals surface area contributed by atoms with Crippen molar-refractivity contribution in [3.63, 3.8) is 0 Å². The van der Waals surface area contributed by atoms with Crippen LogP contribution in [-0.4, -0.2) is 58.5 Å². The molecule has 2 amide bonds. The minimum Gasteiger partial charge on any atom is -0.295 e. The predicted molar refractivity (Wildman–Crippen MR) is 86.9 cm³/mol. The van der Waals surface area contributed by atoms with Gasteiger partial charge in [0.2, 0.25) is 0 Å². The maximum Gasteiger partial charge on any atom is 0.255 e. The maximum absolute atomic E-state index is 12.6. The van der Waals surface area contributed by atoms with Crippen LogP contribution >= 0.6 is 0 Å². The van der Waals surface area contributed by atoms with E-state index >= 15 is 0 Å². The van der Waals surface area contributed by atoms with Crippen molar-refractivity contribution in [3.05, 3.63) is 0 Å². The highest BCUT2D eigenvalue weighted by atomic mass is 16.2. The van der Waals surface area contributed by atoms with Gasteiger partial charge in [-0.15, -0.1) is 0 Å². The third kappa shape index (κ3) is 2.00. The fourth-order valence-electron chi connectivity index (χ4n) is 2.71. The number of amidine groups is 2. The molecule has 2 atom stereocenters. The molecule has 0 aromatic carbocycles. The van der Waals surface area contributed by atoms with Crippen LogP contribution in [0.1, 0.15) is 41.5 Å². The summed E-state index contributed by atoms with van der Waals surface area (Å²) in [6, 6.07) is 0. The molecule has 0 N–H and O–H groups in total. The number of likely N-dealkylation sites (N-methyl/N-ethyl adjacent to an activating group) is 2. The van der Waals surface area contributed by atoms with Crippen LogP contribution in [0, 0.1) is 11.8 Å². The Morgan fingerprint density at radius 1 is 0.773 bits per heavy atom. The molecule has 0 fully saturated rings. The molecular formula is C16H26N4O2. The Bertz CT molecular complexity index is 541. The van der Waals surface area contributed by atoms with Gasteiger partial charge in [0.15, 0.2) is 11.7 Å². The van der Waals surface area contributed by atoms with E-state index in [9.17, 15) is 9.59 Å². The number of nitrogens with zero attached hydrogens (tertiary/aromatic N) is 4. The van der Waals surface area contributed by atoms with E-state index < -0.39 is 11.1 Å². The summed E-state index contributed by atoms with van der Waals surface area (Å²) in [4.78, 5) is 37.5. The van der Waals surface area contributed by atoms with Gasteiger partial charge in [0, 0.05) is 14.1 Å².